The highest BCUT2D eigenvalue weighted by molar-refractivity contribution is 8.00. The average Bonchev–Trinajstić information content (AvgIpc) is 2.77. The van der Waals surface area contributed by atoms with E-state index in [1.54, 1.807) is 0 Å². The first-order valence-corrected chi connectivity index (χ1v) is 6.85. The van der Waals surface area contributed by atoms with Crippen LogP contribution in [0.15, 0.2) is 5.16 Å². The van der Waals surface area contributed by atoms with E-state index >= 15 is 0 Å². The molecule has 1 aromatic rings. The summed E-state index contributed by atoms with van der Waals surface area (Å²) >= 11 is 1.31. The van der Waals surface area contributed by atoms with Crippen LogP contribution >= 0.6 is 11.8 Å². The molecule has 0 aliphatic carbocycles. The SMILES string of the molecule is CCOCCOC(=O)C(CC)Sc1n[nH]c(C)n1. The first kappa shape index (κ1) is 15.0. The summed E-state index contributed by atoms with van der Waals surface area (Å²) in [4.78, 5) is 15.9. The zero-order valence-electron chi connectivity index (χ0n) is 10.9. The van der Waals surface area contributed by atoms with E-state index in [1.165, 1.54) is 11.8 Å². The molecule has 0 aliphatic rings. The van der Waals surface area contributed by atoms with Crippen molar-refractivity contribution in [1.29, 1.82) is 0 Å². The van der Waals surface area contributed by atoms with E-state index in [0.717, 1.165) is 5.82 Å². The van der Waals surface area contributed by atoms with E-state index in [2.05, 4.69) is 15.2 Å². The number of esters is 1. The van der Waals surface area contributed by atoms with Crippen molar-refractivity contribution in [2.24, 2.45) is 0 Å². The fraction of sp³-hybridized carbons (Fsp3) is 0.727. The normalized spacial score (nSPS) is 12.4. The summed E-state index contributed by atoms with van der Waals surface area (Å²) in [6.07, 6.45) is 0.672. The third-order valence-electron chi connectivity index (χ3n) is 2.13. The first-order chi connectivity index (χ1) is 8.67. The van der Waals surface area contributed by atoms with Crippen molar-refractivity contribution in [3.63, 3.8) is 0 Å². The van der Waals surface area contributed by atoms with Gasteiger partial charge in [-0.3, -0.25) is 9.89 Å². The number of thioether (sulfide) groups is 1. The van der Waals surface area contributed by atoms with Crippen molar-refractivity contribution in [3.05, 3.63) is 5.82 Å². The number of carbonyl (C=O) groups excluding carboxylic acids is 1. The van der Waals surface area contributed by atoms with E-state index in [4.69, 9.17) is 9.47 Å². The molecule has 1 rings (SSSR count). The summed E-state index contributed by atoms with van der Waals surface area (Å²) in [7, 11) is 0. The van der Waals surface area contributed by atoms with Crippen molar-refractivity contribution in [3.8, 4) is 0 Å². The van der Waals surface area contributed by atoms with Crippen LogP contribution in [0.2, 0.25) is 0 Å². The molecule has 0 saturated carbocycles. The smallest absolute Gasteiger partial charge is 0.319 e. The molecule has 0 aliphatic heterocycles. The Kier molecular flexibility index (Phi) is 6.74. The summed E-state index contributed by atoms with van der Waals surface area (Å²) in [5.41, 5.74) is 0. The van der Waals surface area contributed by atoms with Gasteiger partial charge in [0.2, 0.25) is 5.16 Å². The largest absolute Gasteiger partial charge is 0.462 e. The minimum atomic E-state index is -0.276. The molecule has 0 bridgehead atoms. The minimum Gasteiger partial charge on any atom is -0.462 e. The van der Waals surface area contributed by atoms with Gasteiger partial charge in [-0.1, -0.05) is 18.7 Å². The van der Waals surface area contributed by atoms with Crippen LogP contribution in [0.1, 0.15) is 26.1 Å². The highest BCUT2D eigenvalue weighted by Gasteiger charge is 2.21. The molecule has 7 heteroatoms. The second kappa shape index (κ2) is 8.10. The van der Waals surface area contributed by atoms with Gasteiger partial charge in [0.15, 0.2) is 0 Å². The Hall–Kier alpha value is -1.08. The second-order valence-corrected chi connectivity index (χ2v) is 4.75. The molecular formula is C11H19N3O3S. The van der Waals surface area contributed by atoms with Gasteiger partial charge >= 0.3 is 5.97 Å². The number of aromatic nitrogens is 3. The number of aromatic amines is 1. The topological polar surface area (TPSA) is 77.1 Å². The number of hydrogen-bond acceptors (Lipinski definition) is 6. The lowest BCUT2D eigenvalue weighted by atomic mass is 10.3. The van der Waals surface area contributed by atoms with Crippen LogP contribution < -0.4 is 0 Å². The Labute approximate surface area is 111 Å². The molecule has 1 aromatic heterocycles. The Morgan fingerprint density at radius 1 is 1.44 bits per heavy atom. The van der Waals surface area contributed by atoms with Gasteiger partial charge in [-0.25, -0.2) is 4.98 Å². The maximum absolute atomic E-state index is 11.8. The lowest BCUT2D eigenvalue weighted by Gasteiger charge is -2.11. The molecule has 0 fully saturated rings. The lowest BCUT2D eigenvalue weighted by molar-refractivity contribution is -0.144. The van der Waals surface area contributed by atoms with Gasteiger partial charge in [0.1, 0.15) is 17.7 Å². The van der Waals surface area contributed by atoms with Crippen LogP contribution in [-0.4, -0.2) is 46.2 Å². The van der Waals surface area contributed by atoms with E-state index in [-0.39, 0.29) is 17.8 Å². The highest BCUT2D eigenvalue weighted by atomic mass is 32.2. The Morgan fingerprint density at radius 2 is 2.22 bits per heavy atom. The third-order valence-corrected chi connectivity index (χ3v) is 3.34. The van der Waals surface area contributed by atoms with Crippen LogP contribution in [0, 0.1) is 6.92 Å². The maximum Gasteiger partial charge on any atom is 0.319 e. The van der Waals surface area contributed by atoms with Gasteiger partial charge < -0.3 is 9.47 Å². The van der Waals surface area contributed by atoms with E-state index in [1.807, 2.05) is 20.8 Å². The standard InChI is InChI=1S/C11H19N3O3S/c1-4-9(10(15)17-7-6-16-5-2)18-11-12-8(3)13-14-11/h9H,4-7H2,1-3H3,(H,12,13,14). The highest BCUT2D eigenvalue weighted by Crippen LogP contribution is 2.22. The van der Waals surface area contributed by atoms with Gasteiger partial charge in [0.05, 0.1) is 6.61 Å². The van der Waals surface area contributed by atoms with Crippen molar-refractivity contribution in [2.75, 3.05) is 19.8 Å². The second-order valence-electron chi connectivity index (χ2n) is 3.58. The summed E-state index contributed by atoms with van der Waals surface area (Å²) < 4.78 is 10.2. The van der Waals surface area contributed by atoms with Gasteiger partial charge in [-0.2, -0.15) is 0 Å². The number of aryl methyl sites for hydroxylation is 1. The van der Waals surface area contributed by atoms with Gasteiger partial charge in [-0.15, -0.1) is 5.10 Å². The maximum atomic E-state index is 11.8. The number of carbonyl (C=O) groups is 1. The molecule has 0 spiro atoms. The van der Waals surface area contributed by atoms with Crippen molar-refractivity contribution >= 4 is 17.7 Å². The molecule has 0 amide bonds. The molecule has 1 unspecified atom stereocenters. The van der Waals surface area contributed by atoms with Crippen LogP contribution in [0.4, 0.5) is 0 Å². The Balaban J connectivity index is 2.37. The molecule has 0 aromatic carbocycles. The molecule has 6 nitrogen and oxygen atoms in total. The van der Waals surface area contributed by atoms with Crippen molar-refractivity contribution < 1.29 is 14.3 Å². The fourth-order valence-electron chi connectivity index (χ4n) is 1.24. The predicted molar refractivity (Wildman–Crippen MR) is 68.5 cm³/mol. The molecule has 1 atom stereocenters. The van der Waals surface area contributed by atoms with Crippen LogP contribution in [0.25, 0.3) is 0 Å². The molecule has 18 heavy (non-hydrogen) atoms. The molecule has 0 saturated heterocycles. The number of nitrogens with zero attached hydrogens (tertiary/aromatic N) is 2. The quantitative estimate of drug-likeness (QED) is 0.440. The number of H-pyrrole nitrogens is 1. The lowest BCUT2D eigenvalue weighted by Crippen LogP contribution is -2.21. The summed E-state index contributed by atoms with van der Waals surface area (Å²) in [5, 5.41) is 7.03. The minimum absolute atomic E-state index is 0.246. The van der Waals surface area contributed by atoms with Crippen molar-refractivity contribution in [1.82, 2.24) is 15.2 Å². The van der Waals surface area contributed by atoms with E-state index < -0.39 is 0 Å². The van der Waals surface area contributed by atoms with Crippen LogP contribution in [0.3, 0.4) is 0 Å². The summed E-state index contributed by atoms with van der Waals surface area (Å²) in [5.74, 6) is 0.488. The summed E-state index contributed by atoms with van der Waals surface area (Å²) in [6.45, 7) is 7.00. The Morgan fingerprint density at radius 3 is 2.78 bits per heavy atom. The molecule has 1 heterocycles. The zero-order valence-corrected chi connectivity index (χ0v) is 11.7. The fourth-order valence-corrected chi connectivity index (χ4v) is 2.11. The number of ether oxygens (including phenoxy) is 2. The van der Waals surface area contributed by atoms with Crippen LogP contribution in [0.5, 0.6) is 0 Å². The third kappa shape index (κ3) is 5.05. The van der Waals surface area contributed by atoms with Crippen LogP contribution in [-0.2, 0) is 14.3 Å². The number of hydrogen-bond donors (Lipinski definition) is 1. The monoisotopic (exact) mass is 273 g/mol. The van der Waals surface area contributed by atoms with Gasteiger partial charge in [-0.05, 0) is 20.3 Å². The molecule has 102 valence electrons. The predicted octanol–water partition coefficient (Wildman–Crippen LogP) is 1.56. The zero-order chi connectivity index (χ0) is 13.4. The number of nitrogens with one attached hydrogen (secondary N) is 1. The van der Waals surface area contributed by atoms with E-state index in [9.17, 15) is 4.79 Å². The first-order valence-electron chi connectivity index (χ1n) is 5.97. The van der Waals surface area contributed by atoms with Crippen molar-refractivity contribution in [2.45, 2.75) is 37.6 Å². The van der Waals surface area contributed by atoms with Gasteiger partial charge in [0, 0.05) is 6.61 Å². The molecular weight excluding hydrogens is 254 g/mol. The average molecular weight is 273 g/mol. The molecule has 1 N–H and O–H groups in total. The number of rotatable bonds is 8. The Bertz CT molecular complexity index is 370. The summed E-state index contributed by atoms with van der Waals surface area (Å²) in [6, 6.07) is 0. The van der Waals surface area contributed by atoms with E-state index in [0.29, 0.717) is 24.8 Å². The molecule has 0 radical (unpaired) electrons. The van der Waals surface area contributed by atoms with Gasteiger partial charge in [0.25, 0.3) is 0 Å².